The Bertz CT molecular complexity index is 558. The first-order chi connectivity index (χ1) is 10.4. The van der Waals surface area contributed by atoms with Gasteiger partial charge in [0.25, 0.3) is 5.91 Å². The summed E-state index contributed by atoms with van der Waals surface area (Å²) in [5.74, 6) is -0.116. The first kappa shape index (κ1) is 16.4. The number of esters is 1. The minimum absolute atomic E-state index is 0.243. The summed E-state index contributed by atoms with van der Waals surface area (Å²) in [6.07, 6.45) is 1.52. The fourth-order valence-electron chi connectivity index (χ4n) is 2.08. The number of thioether (sulfide) groups is 1. The summed E-state index contributed by atoms with van der Waals surface area (Å²) >= 11 is 1.43. The largest absolute Gasteiger partial charge is 0.466 e. The molecule has 1 fully saturated rings. The first-order valence-electron chi connectivity index (χ1n) is 6.72. The number of likely N-dealkylation sites (N-methyl/N-ethyl adjacent to an activating group) is 1. The van der Waals surface area contributed by atoms with Crippen LogP contribution in [0.1, 0.15) is 18.1 Å². The molecule has 2 atom stereocenters. The van der Waals surface area contributed by atoms with E-state index in [2.05, 4.69) is 0 Å². The van der Waals surface area contributed by atoms with E-state index in [1.807, 2.05) is 0 Å². The van der Waals surface area contributed by atoms with Crippen LogP contribution in [-0.2, 0) is 19.1 Å². The normalized spacial score (nSPS) is 20.8. The highest BCUT2D eigenvalue weighted by molar-refractivity contribution is 7.99. The summed E-state index contributed by atoms with van der Waals surface area (Å²) in [6.45, 7) is 1.07. The average Bonchev–Trinajstić information content (AvgIpc) is 3.11. The average molecular weight is 326 g/mol. The van der Waals surface area contributed by atoms with Crippen LogP contribution in [0.3, 0.4) is 0 Å². The predicted molar refractivity (Wildman–Crippen MR) is 79.9 cm³/mol. The van der Waals surface area contributed by atoms with Crippen molar-refractivity contribution in [2.24, 2.45) is 0 Å². The lowest BCUT2D eigenvalue weighted by atomic mass is 10.2. The molecule has 0 saturated carbocycles. The number of ether oxygens (including phenoxy) is 1. The molecule has 7 nitrogen and oxygen atoms in total. The Morgan fingerprint density at radius 2 is 2.18 bits per heavy atom. The van der Waals surface area contributed by atoms with Gasteiger partial charge in [-0.1, -0.05) is 0 Å². The Kier molecular flexibility index (Phi) is 5.12. The number of nitrogens with zero attached hydrogens (tertiary/aromatic N) is 2. The third-order valence-corrected chi connectivity index (χ3v) is 4.54. The Balaban J connectivity index is 2.05. The maximum Gasteiger partial charge on any atom is 0.330 e. The van der Waals surface area contributed by atoms with Crippen LogP contribution >= 0.6 is 11.8 Å². The van der Waals surface area contributed by atoms with E-state index in [0.717, 1.165) is 0 Å². The summed E-state index contributed by atoms with van der Waals surface area (Å²) in [6, 6.07) is 2.78. The van der Waals surface area contributed by atoms with E-state index in [-0.39, 0.29) is 23.8 Å². The molecular formula is C14H18N2O5S. The van der Waals surface area contributed by atoms with Crippen molar-refractivity contribution in [2.45, 2.75) is 18.3 Å². The van der Waals surface area contributed by atoms with Crippen LogP contribution in [0, 0.1) is 0 Å². The second-order valence-electron chi connectivity index (χ2n) is 5.04. The van der Waals surface area contributed by atoms with Crippen molar-refractivity contribution in [3.8, 4) is 0 Å². The molecule has 0 radical (unpaired) electrons. The number of carbonyl (C=O) groups excluding carboxylic acids is 3. The molecule has 2 amide bonds. The Morgan fingerprint density at radius 3 is 2.73 bits per heavy atom. The summed E-state index contributed by atoms with van der Waals surface area (Å²) in [7, 11) is 3.16. The van der Waals surface area contributed by atoms with Crippen molar-refractivity contribution in [3.05, 3.63) is 24.2 Å². The van der Waals surface area contributed by atoms with Crippen LogP contribution in [-0.4, -0.2) is 60.1 Å². The molecule has 22 heavy (non-hydrogen) atoms. The highest BCUT2D eigenvalue weighted by Gasteiger charge is 2.43. The van der Waals surface area contributed by atoms with Gasteiger partial charge in [0.05, 0.1) is 6.26 Å². The van der Waals surface area contributed by atoms with Gasteiger partial charge in [-0.15, -0.1) is 11.8 Å². The first-order valence-corrected chi connectivity index (χ1v) is 7.77. The molecule has 1 aromatic heterocycles. The fraction of sp³-hybridized carbons (Fsp3) is 0.500. The SMILES string of the molecule is CC(=O)N1[C@H](C(=O)OCC(=O)N(C)C)CS[C@H]1c1ccco1. The number of hydrogen-bond donors (Lipinski definition) is 0. The summed E-state index contributed by atoms with van der Waals surface area (Å²) in [5, 5.41) is -0.352. The van der Waals surface area contributed by atoms with Gasteiger partial charge in [-0.3, -0.25) is 9.59 Å². The highest BCUT2D eigenvalue weighted by atomic mass is 32.2. The summed E-state index contributed by atoms with van der Waals surface area (Å²) in [5.41, 5.74) is 0. The lowest BCUT2D eigenvalue weighted by Gasteiger charge is -2.25. The van der Waals surface area contributed by atoms with Crippen LogP contribution in [0.25, 0.3) is 0 Å². The Morgan fingerprint density at radius 1 is 1.45 bits per heavy atom. The third kappa shape index (κ3) is 3.44. The van der Waals surface area contributed by atoms with Gasteiger partial charge in [0.15, 0.2) is 6.61 Å². The number of rotatable bonds is 4. The van der Waals surface area contributed by atoms with E-state index in [1.54, 1.807) is 26.2 Å². The Hall–Kier alpha value is -1.96. The molecule has 2 heterocycles. The lowest BCUT2D eigenvalue weighted by Crippen LogP contribution is -2.43. The topological polar surface area (TPSA) is 80.1 Å². The lowest BCUT2D eigenvalue weighted by molar-refractivity contribution is -0.157. The van der Waals surface area contributed by atoms with E-state index in [1.165, 1.54) is 34.7 Å². The van der Waals surface area contributed by atoms with Gasteiger partial charge in [0.2, 0.25) is 5.91 Å². The van der Waals surface area contributed by atoms with Crippen molar-refractivity contribution < 1.29 is 23.5 Å². The van der Waals surface area contributed by atoms with Crippen molar-refractivity contribution >= 4 is 29.5 Å². The van der Waals surface area contributed by atoms with Gasteiger partial charge in [-0.2, -0.15) is 0 Å². The Labute approximate surface area is 132 Å². The van der Waals surface area contributed by atoms with Gasteiger partial charge in [0.1, 0.15) is 17.2 Å². The molecule has 0 bridgehead atoms. The number of furan rings is 1. The van der Waals surface area contributed by atoms with Gasteiger partial charge >= 0.3 is 5.97 Å². The van der Waals surface area contributed by atoms with Crippen molar-refractivity contribution in [2.75, 3.05) is 26.5 Å². The van der Waals surface area contributed by atoms with Crippen LogP contribution in [0.4, 0.5) is 0 Å². The van der Waals surface area contributed by atoms with Crippen molar-refractivity contribution in [1.82, 2.24) is 9.80 Å². The third-order valence-electron chi connectivity index (χ3n) is 3.26. The zero-order valence-electron chi connectivity index (χ0n) is 12.6. The van der Waals surface area contributed by atoms with Crippen LogP contribution in [0.5, 0.6) is 0 Å². The van der Waals surface area contributed by atoms with E-state index in [0.29, 0.717) is 11.5 Å². The second-order valence-corrected chi connectivity index (χ2v) is 6.15. The van der Waals surface area contributed by atoms with Gasteiger partial charge in [-0.05, 0) is 12.1 Å². The number of hydrogen-bond acceptors (Lipinski definition) is 6. The number of amides is 2. The van der Waals surface area contributed by atoms with E-state index < -0.39 is 12.0 Å². The highest BCUT2D eigenvalue weighted by Crippen LogP contribution is 2.41. The molecule has 0 unspecified atom stereocenters. The molecule has 1 aromatic rings. The zero-order chi connectivity index (χ0) is 16.3. The summed E-state index contributed by atoms with van der Waals surface area (Å²) < 4.78 is 10.4. The monoisotopic (exact) mass is 326 g/mol. The molecule has 1 aliphatic heterocycles. The van der Waals surface area contributed by atoms with Gasteiger partial charge < -0.3 is 19.0 Å². The molecule has 8 heteroatoms. The van der Waals surface area contributed by atoms with Crippen LogP contribution in [0.15, 0.2) is 22.8 Å². The maximum absolute atomic E-state index is 12.2. The molecule has 120 valence electrons. The molecule has 0 spiro atoms. The maximum atomic E-state index is 12.2. The van der Waals surface area contributed by atoms with E-state index in [9.17, 15) is 14.4 Å². The quantitative estimate of drug-likeness (QED) is 0.764. The fourth-order valence-corrected chi connectivity index (χ4v) is 3.50. The van der Waals surface area contributed by atoms with Crippen LogP contribution in [0.2, 0.25) is 0 Å². The molecule has 1 aliphatic rings. The number of carbonyl (C=O) groups is 3. The molecule has 1 saturated heterocycles. The molecular weight excluding hydrogens is 308 g/mol. The smallest absolute Gasteiger partial charge is 0.330 e. The standard InChI is InChI=1S/C14H18N2O5S/c1-9(17)16-10(14(19)21-7-12(18)15(2)3)8-22-13(16)11-5-4-6-20-11/h4-6,10,13H,7-8H2,1-3H3/t10-,13-/m0/s1. The van der Waals surface area contributed by atoms with Gasteiger partial charge in [-0.25, -0.2) is 4.79 Å². The summed E-state index contributed by atoms with van der Waals surface area (Å²) in [4.78, 5) is 38.3. The zero-order valence-corrected chi connectivity index (χ0v) is 13.5. The molecule has 0 aromatic carbocycles. The molecule has 2 rings (SSSR count). The van der Waals surface area contributed by atoms with Gasteiger partial charge in [0, 0.05) is 26.8 Å². The van der Waals surface area contributed by atoms with E-state index in [4.69, 9.17) is 9.15 Å². The van der Waals surface area contributed by atoms with E-state index >= 15 is 0 Å². The van der Waals surface area contributed by atoms with Crippen LogP contribution < -0.4 is 0 Å². The minimum Gasteiger partial charge on any atom is -0.466 e. The molecule has 0 aliphatic carbocycles. The second kappa shape index (κ2) is 6.87. The minimum atomic E-state index is -0.715. The van der Waals surface area contributed by atoms with Crippen molar-refractivity contribution in [1.29, 1.82) is 0 Å². The predicted octanol–water partition coefficient (Wildman–Crippen LogP) is 0.873. The molecule has 0 N–H and O–H groups in total. The van der Waals surface area contributed by atoms with Crippen molar-refractivity contribution in [3.63, 3.8) is 0 Å².